The summed E-state index contributed by atoms with van der Waals surface area (Å²) in [6.07, 6.45) is 4.86. The Morgan fingerprint density at radius 2 is 2.05 bits per heavy atom. The van der Waals surface area contributed by atoms with Gasteiger partial charge in [0.25, 0.3) is 0 Å². The van der Waals surface area contributed by atoms with Crippen LogP contribution in [0.5, 0.6) is 0 Å². The van der Waals surface area contributed by atoms with Gasteiger partial charge in [-0.15, -0.1) is 11.3 Å². The summed E-state index contributed by atoms with van der Waals surface area (Å²) in [5, 5.41) is 6.13. The summed E-state index contributed by atoms with van der Waals surface area (Å²) in [4.78, 5) is 16.7. The first kappa shape index (κ1) is 15.9. The van der Waals surface area contributed by atoms with Crippen molar-refractivity contribution >= 4 is 27.3 Å². The fraction of sp³-hybridized carbons (Fsp3) is 0.714. The van der Waals surface area contributed by atoms with Crippen LogP contribution in [0.1, 0.15) is 42.3 Å². The molecule has 22 heavy (non-hydrogen) atoms. The predicted molar refractivity (Wildman–Crippen MR) is 85.1 cm³/mol. The van der Waals surface area contributed by atoms with Gasteiger partial charge in [-0.05, 0) is 25.7 Å². The molecule has 0 aromatic carbocycles. The summed E-state index contributed by atoms with van der Waals surface area (Å²) in [6, 6.07) is 0. The van der Waals surface area contributed by atoms with Crippen LogP contribution in [0.25, 0.3) is 0 Å². The van der Waals surface area contributed by atoms with Crippen molar-refractivity contribution in [3.63, 3.8) is 0 Å². The zero-order chi connectivity index (χ0) is 15.7. The number of nitrogens with zero attached hydrogens (tertiary/aromatic N) is 2. The molecule has 0 radical (unpaired) electrons. The zero-order valence-corrected chi connectivity index (χ0v) is 14.3. The van der Waals surface area contributed by atoms with E-state index in [4.69, 9.17) is 0 Å². The Balaban J connectivity index is 1.46. The second kappa shape index (κ2) is 6.25. The normalized spacial score (nSPS) is 21.0. The number of sulfonamides is 1. The molecule has 0 spiro atoms. The minimum atomic E-state index is -3.14. The van der Waals surface area contributed by atoms with Crippen LogP contribution in [-0.2, 0) is 21.4 Å². The topological polar surface area (TPSA) is 79.4 Å². The molecule has 1 N–H and O–H groups in total. The van der Waals surface area contributed by atoms with Gasteiger partial charge in [0.1, 0.15) is 0 Å². The molecule has 1 saturated heterocycles. The molecule has 1 aromatic rings. The van der Waals surface area contributed by atoms with Gasteiger partial charge >= 0.3 is 0 Å². The molecule has 2 heterocycles. The number of hydrogen-bond donors (Lipinski definition) is 1. The van der Waals surface area contributed by atoms with E-state index in [2.05, 4.69) is 10.3 Å². The van der Waals surface area contributed by atoms with E-state index in [1.165, 1.54) is 28.4 Å². The third-order valence-electron chi connectivity index (χ3n) is 4.23. The molecule has 3 rings (SSSR count). The number of rotatable bonds is 5. The lowest BCUT2D eigenvalue weighted by molar-refractivity contribution is -0.126. The molecule has 1 aromatic heterocycles. The van der Waals surface area contributed by atoms with Crippen LogP contribution in [-0.4, -0.2) is 43.0 Å². The minimum Gasteiger partial charge on any atom is -0.350 e. The Kier molecular flexibility index (Phi) is 4.52. The molecule has 1 aliphatic carbocycles. The lowest BCUT2D eigenvalue weighted by atomic mass is 9.97. The number of hydrogen-bond acceptors (Lipinski definition) is 5. The maximum absolute atomic E-state index is 12.2. The molecule has 0 atom stereocenters. The molecule has 1 amide bonds. The summed E-state index contributed by atoms with van der Waals surface area (Å²) in [5.41, 5.74) is 0.925. The van der Waals surface area contributed by atoms with Crippen LogP contribution >= 0.6 is 11.3 Å². The van der Waals surface area contributed by atoms with E-state index in [1.807, 2.05) is 5.38 Å². The van der Waals surface area contributed by atoms with E-state index in [0.717, 1.165) is 5.69 Å². The molecule has 0 bridgehead atoms. The summed E-state index contributed by atoms with van der Waals surface area (Å²) in [5.74, 6) is 0.559. The highest BCUT2D eigenvalue weighted by Gasteiger charge is 2.29. The Morgan fingerprint density at radius 1 is 1.36 bits per heavy atom. The average Bonchev–Trinajstić information content (AvgIpc) is 3.23. The summed E-state index contributed by atoms with van der Waals surface area (Å²) in [7, 11) is -3.14. The first-order valence-corrected chi connectivity index (χ1v) is 10.3. The van der Waals surface area contributed by atoms with Crippen molar-refractivity contribution in [3.05, 3.63) is 16.1 Å². The molecular weight excluding hydrogens is 322 g/mol. The highest BCUT2D eigenvalue weighted by Crippen LogP contribution is 2.41. The minimum absolute atomic E-state index is 0.00845. The second-order valence-electron chi connectivity index (χ2n) is 6.11. The number of nitrogens with one attached hydrogen (secondary N) is 1. The monoisotopic (exact) mass is 343 g/mol. The van der Waals surface area contributed by atoms with Crippen molar-refractivity contribution < 1.29 is 13.2 Å². The maximum Gasteiger partial charge on any atom is 0.223 e. The molecule has 1 saturated carbocycles. The van der Waals surface area contributed by atoms with Crippen molar-refractivity contribution in [2.24, 2.45) is 5.92 Å². The summed E-state index contributed by atoms with van der Waals surface area (Å²) >= 11 is 1.67. The molecule has 122 valence electrons. The van der Waals surface area contributed by atoms with Gasteiger partial charge in [-0.25, -0.2) is 17.7 Å². The van der Waals surface area contributed by atoms with Crippen LogP contribution in [0.4, 0.5) is 0 Å². The SMILES string of the molecule is CS(=O)(=O)N1CCC(C(=O)NCc2csc(C3CC3)n2)CC1. The number of amides is 1. The Bertz CT molecular complexity index is 644. The van der Waals surface area contributed by atoms with Gasteiger partial charge in [0.2, 0.25) is 15.9 Å². The van der Waals surface area contributed by atoms with E-state index in [0.29, 0.717) is 38.4 Å². The van der Waals surface area contributed by atoms with Gasteiger partial charge in [-0.1, -0.05) is 0 Å². The standard InChI is InChI=1S/C14H21N3O3S2/c1-22(19,20)17-6-4-10(5-7-17)13(18)15-8-12-9-21-14(16-12)11-2-3-11/h9-11H,2-8H2,1H3,(H,15,18). The fourth-order valence-electron chi connectivity index (χ4n) is 2.69. The number of piperidine rings is 1. The maximum atomic E-state index is 12.2. The number of aromatic nitrogens is 1. The van der Waals surface area contributed by atoms with Crippen molar-refractivity contribution in [1.82, 2.24) is 14.6 Å². The van der Waals surface area contributed by atoms with Crippen LogP contribution in [0, 0.1) is 5.92 Å². The van der Waals surface area contributed by atoms with Crippen molar-refractivity contribution in [3.8, 4) is 0 Å². The first-order valence-electron chi connectivity index (χ1n) is 7.60. The predicted octanol–water partition coefficient (Wildman–Crippen LogP) is 1.31. The van der Waals surface area contributed by atoms with E-state index in [-0.39, 0.29) is 11.8 Å². The molecule has 8 heteroatoms. The van der Waals surface area contributed by atoms with Gasteiger partial charge < -0.3 is 5.32 Å². The largest absolute Gasteiger partial charge is 0.350 e. The van der Waals surface area contributed by atoms with Gasteiger partial charge in [-0.3, -0.25) is 4.79 Å². The van der Waals surface area contributed by atoms with E-state index in [9.17, 15) is 13.2 Å². The van der Waals surface area contributed by atoms with Gasteiger partial charge in [-0.2, -0.15) is 0 Å². The molecule has 1 aliphatic heterocycles. The molecule has 6 nitrogen and oxygen atoms in total. The summed E-state index contributed by atoms with van der Waals surface area (Å²) in [6.45, 7) is 1.33. The molecule has 0 unspecified atom stereocenters. The van der Waals surface area contributed by atoms with E-state index >= 15 is 0 Å². The average molecular weight is 343 g/mol. The van der Waals surface area contributed by atoms with Crippen molar-refractivity contribution in [2.75, 3.05) is 19.3 Å². The van der Waals surface area contributed by atoms with E-state index < -0.39 is 10.0 Å². The second-order valence-corrected chi connectivity index (χ2v) is 8.98. The van der Waals surface area contributed by atoms with Gasteiger partial charge in [0.05, 0.1) is 23.5 Å². The highest BCUT2D eigenvalue weighted by molar-refractivity contribution is 7.88. The number of carbonyl (C=O) groups excluding carboxylic acids is 1. The van der Waals surface area contributed by atoms with Crippen LogP contribution in [0.15, 0.2) is 5.38 Å². The fourth-order valence-corrected chi connectivity index (χ4v) is 4.56. The third-order valence-corrected chi connectivity index (χ3v) is 6.59. The quantitative estimate of drug-likeness (QED) is 0.874. The summed E-state index contributed by atoms with van der Waals surface area (Å²) < 4.78 is 24.4. The zero-order valence-electron chi connectivity index (χ0n) is 12.6. The van der Waals surface area contributed by atoms with Crippen molar-refractivity contribution in [2.45, 2.75) is 38.1 Å². The third kappa shape index (κ3) is 3.85. The Hall–Kier alpha value is -0.990. The Labute approximate surface area is 135 Å². The molecule has 2 aliphatic rings. The lowest BCUT2D eigenvalue weighted by Gasteiger charge is -2.29. The van der Waals surface area contributed by atoms with Gasteiger partial charge in [0.15, 0.2) is 0 Å². The van der Waals surface area contributed by atoms with Gasteiger partial charge in [0, 0.05) is 30.3 Å². The van der Waals surface area contributed by atoms with Crippen LogP contribution in [0.2, 0.25) is 0 Å². The molecule has 2 fully saturated rings. The van der Waals surface area contributed by atoms with Crippen LogP contribution in [0.3, 0.4) is 0 Å². The molecular formula is C14H21N3O3S2. The Morgan fingerprint density at radius 3 is 2.64 bits per heavy atom. The van der Waals surface area contributed by atoms with Crippen molar-refractivity contribution in [1.29, 1.82) is 0 Å². The highest BCUT2D eigenvalue weighted by atomic mass is 32.2. The lowest BCUT2D eigenvalue weighted by Crippen LogP contribution is -2.42. The smallest absolute Gasteiger partial charge is 0.223 e. The number of carbonyl (C=O) groups is 1. The van der Waals surface area contributed by atoms with E-state index in [1.54, 1.807) is 11.3 Å². The first-order chi connectivity index (χ1) is 10.4. The van der Waals surface area contributed by atoms with Crippen LogP contribution < -0.4 is 5.32 Å². The number of thiazole rings is 1.